The third-order valence-electron chi connectivity index (χ3n) is 7.97. The zero-order valence-corrected chi connectivity index (χ0v) is 23.5. The lowest BCUT2D eigenvalue weighted by Gasteiger charge is -2.26. The van der Waals surface area contributed by atoms with E-state index < -0.39 is 41.3 Å². The molecule has 40 heavy (non-hydrogen) atoms. The topological polar surface area (TPSA) is 166 Å². The first-order valence-electron chi connectivity index (χ1n) is 13.7. The van der Waals surface area contributed by atoms with Crippen molar-refractivity contribution in [3.8, 4) is 5.75 Å². The van der Waals surface area contributed by atoms with Crippen molar-refractivity contribution in [3.63, 3.8) is 0 Å². The molecule has 0 radical (unpaired) electrons. The molecule has 1 aromatic carbocycles. The fraction of sp³-hybridized carbons (Fsp3) is 0.552. The highest BCUT2D eigenvalue weighted by molar-refractivity contribution is 5.99. The van der Waals surface area contributed by atoms with Gasteiger partial charge < -0.3 is 30.4 Å². The van der Waals surface area contributed by atoms with Gasteiger partial charge in [0.25, 0.3) is 5.91 Å². The van der Waals surface area contributed by atoms with Crippen LogP contribution in [0.3, 0.4) is 0 Å². The van der Waals surface area contributed by atoms with E-state index in [0.717, 1.165) is 31.2 Å². The highest BCUT2D eigenvalue weighted by atomic mass is 16.6. The van der Waals surface area contributed by atoms with E-state index in [4.69, 9.17) is 19.7 Å². The number of methoxy groups -OCH3 is 1. The number of nitrogens with zero attached hydrogens (tertiary/aromatic N) is 1. The van der Waals surface area contributed by atoms with Crippen LogP contribution < -0.4 is 21.1 Å². The number of nitrogens with one attached hydrogen (secondary N) is 2. The molecule has 0 spiro atoms. The lowest BCUT2D eigenvalue weighted by atomic mass is 9.90. The number of benzene rings is 1. The van der Waals surface area contributed by atoms with E-state index in [0.29, 0.717) is 30.4 Å². The van der Waals surface area contributed by atoms with Crippen LogP contribution >= 0.6 is 0 Å². The van der Waals surface area contributed by atoms with Gasteiger partial charge in [0, 0.05) is 12.0 Å². The van der Waals surface area contributed by atoms with Crippen LogP contribution in [0.4, 0.5) is 0 Å². The Balaban J connectivity index is 1.56. The summed E-state index contributed by atoms with van der Waals surface area (Å²) in [5, 5.41) is 9.54. The van der Waals surface area contributed by atoms with Gasteiger partial charge in [-0.2, -0.15) is 0 Å². The van der Waals surface area contributed by atoms with Crippen molar-refractivity contribution in [2.24, 2.45) is 11.7 Å². The van der Waals surface area contributed by atoms with Gasteiger partial charge in [0.1, 0.15) is 17.4 Å². The predicted octanol–water partition coefficient (Wildman–Crippen LogP) is 2.34. The summed E-state index contributed by atoms with van der Waals surface area (Å²) in [4.78, 5) is 52.3. The number of aryl methyl sites for hydroxylation is 1. The van der Waals surface area contributed by atoms with Gasteiger partial charge in [0.05, 0.1) is 31.4 Å². The van der Waals surface area contributed by atoms with Crippen LogP contribution in [0.5, 0.6) is 5.75 Å². The van der Waals surface area contributed by atoms with E-state index in [1.165, 1.54) is 0 Å². The summed E-state index contributed by atoms with van der Waals surface area (Å²) in [7, 11) is 1.56. The van der Waals surface area contributed by atoms with E-state index in [2.05, 4.69) is 15.8 Å². The summed E-state index contributed by atoms with van der Waals surface area (Å²) in [6, 6.07) is 5.43. The number of Topliss-reactive ketones (excluding diaryl/α,β-unsaturated/α-hetero) is 1. The molecule has 3 amide bonds. The SMILES string of the molecule is COc1ccc(C[C@H](NC(=O)[C@@H](C)c2c(C)noc2C(N)=O)C(=O)N[C@@H](CC2CCCC2)C(=O)[C@@]2(C)CO2)cc1. The molecule has 1 aromatic heterocycles. The molecular weight excluding hydrogens is 516 g/mol. The average molecular weight is 555 g/mol. The summed E-state index contributed by atoms with van der Waals surface area (Å²) in [6.45, 7) is 5.25. The molecule has 4 rings (SSSR count). The number of ketones is 1. The van der Waals surface area contributed by atoms with Crippen LogP contribution in [0.15, 0.2) is 28.8 Å². The third-order valence-corrected chi connectivity index (χ3v) is 7.97. The zero-order valence-electron chi connectivity index (χ0n) is 23.5. The molecule has 2 aromatic rings. The Morgan fingerprint density at radius 2 is 1.73 bits per heavy atom. The summed E-state index contributed by atoms with van der Waals surface area (Å²) in [5.41, 5.74) is 5.92. The molecule has 2 heterocycles. The number of aromatic nitrogens is 1. The minimum Gasteiger partial charge on any atom is -0.497 e. The molecular formula is C29H38N4O7. The molecule has 4 N–H and O–H groups in total. The first-order valence-corrected chi connectivity index (χ1v) is 13.7. The Hall–Kier alpha value is -3.73. The van der Waals surface area contributed by atoms with Gasteiger partial charge in [-0.05, 0) is 50.8 Å². The zero-order chi connectivity index (χ0) is 29.0. The maximum Gasteiger partial charge on any atom is 0.287 e. The molecule has 0 unspecified atom stereocenters. The summed E-state index contributed by atoms with van der Waals surface area (Å²) in [5.74, 6) is -2.06. The summed E-state index contributed by atoms with van der Waals surface area (Å²) >= 11 is 0. The van der Waals surface area contributed by atoms with Gasteiger partial charge in [0.2, 0.25) is 17.6 Å². The maximum atomic E-state index is 13.7. The number of rotatable bonds is 13. The number of primary amides is 1. The average Bonchev–Trinajstić information content (AvgIpc) is 3.29. The van der Waals surface area contributed by atoms with Crippen molar-refractivity contribution in [2.75, 3.05) is 13.7 Å². The van der Waals surface area contributed by atoms with Crippen molar-refractivity contribution < 1.29 is 33.2 Å². The molecule has 2 aliphatic rings. The first kappa shape index (κ1) is 29.3. The molecule has 0 bridgehead atoms. The number of nitrogens with two attached hydrogens (primary N) is 1. The van der Waals surface area contributed by atoms with Crippen molar-refractivity contribution >= 4 is 23.5 Å². The molecule has 1 saturated carbocycles. The van der Waals surface area contributed by atoms with Crippen LogP contribution in [0, 0.1) is 12.8 Å². The Morgan fingerprint density at radius 1 is 1.10 bits per heavy atom. The van der Waals surface area contributed by atoms with E-state index in [1.807, 2.05) is 12.1 Å². The Morgan fingerprint density at radius 3 is 2.30 bits per heavy atom. The molecule has 11 heteroatoms. The van der Waals surface area contributed by atoms with E-state index in [9.17, 15) is 19.2 Å². The van der Waals surface area contributed by atoms with Crippen LogP contribution in [0.2, 0.25) is 0 Å². The van der Waals surface area contributed by atoms with Crippen LogP contribution in [0.1, 0.15) is 79.2 Å². The molecule has 4 atom stereocenters. The van der Waals surface area contributed by atoms with Crippen LogP contribution in [-0.2, 0) is 25.5 Å². The normalized spacial score (nSPS) is 20.8. The second-order valence-corrected chi connectivity index (χ2v) is 11.0. The van der Waals surface area contributed by atoms with Crippen molar-refractivity contribution in [2.45, 2.75) is 82.9 Å². The second kappa shape index (κ2) is 12.2. The highest BCUT2D eigenvalue weighted by Gasteiger charge is 2.50. The number of hydrogen-bond acceptors (Lipinski definition) is 8. The van der Waals surface area contributed by atoms with E-state index in [1.54, 1.807) is 40.0 Å². The van der Waals surface area contributed by atoms with Gasteiger partial charge in [-0.15, -0.1) is 0 Å². The lowest BCUT2D eigenvalue weighted by molar-refractivity contribution is -0.133. The Kier molecular flexibility index (Phi) is 8.92. The number of ether oxygens (including phenoxy) is 2. The van der Waals surface area contributed by atoms with Crippen LogP contribution in [0.25, 0.3) is 0 Å². The number of amides is 3. The quantitative estimate of drug-likeness (QED) is 0.317. The number of epoxide rings is 1. The van der Waals surface area contributed by atoms with Crippen molar-refractivity contribution in [3.05, 3.63) is 46.8 Å². The predicted molar refractivity (Wildman–Crippen MR) is 145 cm³/mol. The molecule has 1 saturated heterocycles. The number of carbonyl (C=O) groups is 4. The standard InChI is InChI=1S/C29H38N4O7/c1-16(23-17(2)33-40-24(23)26(30)35)27(36)32-22(14-19-9-11-20(38-4)12-10-19)28(37)31-21(13-18-7-5-6-8-18)25(34)29(3)15-39-29/h9-12,16,18,21-22H,5-8,13-15H2,1-4H3,(H2,30,35)(H,31,37)(H,32,36)/t16-,21-,22-,29+/m0/s1. The fourth-order valence-electron chi connectivity index (χ4n) is 5.40. The molecule has 1 aliphatic carbocycles. The Labute approximate surface area is 233 Å². The first-order chi connectivity index (χ1) is 19.0. The lowest BCUT2D eigenvalue weighted by Crippen LogP contribution is -2.55. The minimum absolute atomic E-state index is 0.151. The number of hydrogen-bond donors (Lipinski definition) is 3. The Bertz CT molecular complexity index is 1250. The number of carbonyl (C=O) groups excluding carboxylic acids is 4. The highest BCUT2D eigenvalue weighted by Crippen LogP contribution is 2.33. The largest absolute Gasteiger partial charge is 0.497 e. The van der Waals surface area contributed by atoms with Crippen LogP contribution in [-0.4, -0.2) is 60.1 Å². The molecule has 11 nitrogen and oxygen atoms in total. The third kappa shape index (κ3) is 6.70. The summed E-state index contributed by atoms with van der Waals surface area (Å²) in [6.07, 6.45) is 4.94. The molecule has 216 valence electrons. The van der Waals surface area contributed by atoms with Gasteiger partial charge in [0.15, 0.2) is 5.78 Å². The van der Waals surface area contributed by atoms with Gasteiger partial charge >= 0.3 is 0 Å². The second-order valence-electron chi connectivity index (χ2n) is 11.0. The fourth-order valence-corrected chi connectivity index (χ4v) is 5.40. The monoisotopic (exact) mass is 554 g/mol. The smallest absolute Gasteiger partial charge is 0.287 e. The van der Waals surface area contributed by atoms with Crippen molar-refractivity contribution in [1.29, 1.82) is 0 Å². The minimum atomic E-state index is -1.01. The maximum absolute atomic E-state index is 13.7. The molecule has 1 aliphatic heterocycles. The molecule has 2 fully saturated rings. The van der Waals surface area contributed by atoms with E-state index >= 15 is 0 Å². The van der Waals surface area contributed by atoms with E-state index in [-0.39, 0.29) is 23.5 Å². The van der Waals surface area contributed by atoms with Gasteiger partial charge in [-0.1, -0.05) is 43.0 Å². The van der Waals surface area contributed by atoms with Gasteiger partial charge in [-0.3, -0.25) is 19.2 Å². The van der Waals surface area contributed by atoms with Gasteiger partial charge in [-0.25, -0.2) is 0 Å². The van der Waals surface area contributed by atoms with Crippen molar-refractivity contribution in [1.82, 2.24) is 15.8 Å². The summed E-state index contributed by atoms with van der Waals surface area (Å²) < 4.78 is 15.7.